The van der Waals surface area contributed by atoms with Gasteiger partial charge >= 0.3 is 0 Å². The van der Waals surface area contributed by atoms with Crippen LogP contribution in [0.4, 0.5) is 14.5 Å². The number of anilines is 1. The molecule has 2 aromatic rings. The van der Waals surface area contributed by atoms with Gasteiger partial charge in [-0.15, -0.1) is 0 Å². The van der Waals surface area contributed by atoms with E-state index in [0.29, 0.717) is 0 Å². The highest BCUT2D eigenvalue weighted by atomic mass is 32.2. The van der Waals surface area contributed by atoms with Crippen molar-refractivity contribution in [3.8, 4) is 5.75 Å². The highest BCUT2D eigenvalue weighted by Gasteiger charge is 2.26. The number of hydrogen-bond donors (Lipinski definition) is 2. The van der Waals surface area contributed by atoms with Gasteiger partial charge in [0.2, 0.25) is 10.0 Å². The third kappa shape index (κ3) is 5.01. The van der Waals surface area contributed by atoms with Gasteiger partial charge in [-0.3, -0.25) is 4.79 Å². The van der Waals surface area contributed by atoms with Crippen molar-refractivity contribution in [3.05, 3.63) is 53.6 Å². The molecule has 0 fully saturated rings. The van der Waals surface area contributed by atoms with E-state index < -0.39 is 38.8 Å². The van der Waals surface area contributed by atoms with Crippen LogP contribution in [0.2, 0.25) is 0 Å². The Hall–Kier alpha value is -2.52. The molecular weight excluding hydrogens is 378 g/mol. The molecule has 0 aromatic heterocycles. The van der Waals surface area contributed by atoms with Crippen LogP contribution >= 0.6 is 0 Å². The fraction of sp³-hybridized carbons (Fsp3) is 0.278. The van der Waals surface area contributed by atoms with Crippen LogP contribution in [0.15, 0.2) is 41.3 Å². The van der Waals surface area contributed by atoms with Crippen molar-refractivity contribution in [2.75, 3.05) is 12.4 Å². The maximum absolute atomic E-state index is 13.7. The van der Waals surface area contributed by atoms with Gasteiger partial charge in [-0.25, -0.2) is 21.9 Å². The maximum atomic E-state index is 13.7. The van der Waals surface area contributed by atoms with Gasteiger partial charge in [-0.1, -0.05) is 6.07 Å². The number of amides is 1. The summed E-state index contributed by atoms with van der Waals surface area (Å²) in [6.45, 7) is 4.98. The van der Waals surface area contributed by atoms with E-state index in [0.717, 1.165) is 24.3 Å². The van der Waals surface area contributed by atoms with E-state index in [2.05, 4.69) is 10.0 Å². The van der Waals surface area contributed by atoms with Gasteiger partial charge in [0.15, 0.2) is 0 Å². The second-order valence-corrected chi connectivity index (χ2v) is 8.42. The summed E-state index contributed by atoms with van der Waals surface area (Å²) in [5, 5.41) is 2.11. The van der Waals surface area contributed by atoms with Gasteiger partial charge in [0.05, 0.1) is 7.11 Å². The van der Waals surface area contributed by atoms with Crippen molar-refractivity contribution in [1.82, 2.24) is 4.72 Å². The molecule has 2 aromatic carbocycles. The van der Waals surface area contributed by atoms with E-state index in [1.165, 1.54) is 19.2 Å². The number of hydrogen-bond acceptors (Lipinski definition) is 4. The molecule has 146 valence electrons. The number of ether oxygens (including phenoxy) is 1. The first-order valence-electron chi connectivity index (χ1n) is 7.92. The van der Waals surface area contributed by atoms with Gasteiger partial charge in [0.1, 0.15) is 28.0 Å². The van der Waals surface area contributed by atoms with Crippen LogP contribution in [-0.2, 0) is 10.0 Å². The predicted molar refractivity (Wildman–Crippen MR) is 97.4 cm³/mol. The zero-order valence-corrected chi connectivity index (χ0v) is 16.1. The number of nitrogens with one attached hydrogen (secondary N) is 2. The molecule has 1 amide bonds. The minimum absolute atomic E-state index is 0.0281. The average molecular weight is 398 g/mol. The topological polar surface area (TPSA) is 84.5 Å². The Morgan fingerprint density at radius 2 is 1.67 bits per heavy atom. The molecule has 0 heterocycles. The molecule has 0 radical (unpaired) electrons. The number of halogens is 2. The number of carbonyl (C=O) groups excluding carboxylic acids is 1. The largest absolute Gasteiger partial charge is 0.495 e. The van der Waals surface area contributed by atoms with Crippen molar-refractivity contribution < 1.29 is 26.7 Å². The molecule has 2 rings (SSSR count). The van der Waals surface area contributed by atoms with E-state index in [-0.39, 0.29) is 16.2 Å². The lowest BCUT2D eigenvalue weighted by molar-refractivity contribution is 0.102. The molecular formula is C18H20F2N2O4S. The van der Waals surface area contributed by atoms with Crippen LogP contribution in [0.5, 0.6) is 5.75 Å². The summed E-state index contributed by atoms with van der Waals surface area (Å²) in [5.41, 5.74) is -1.48. The Kier molecular flexibility index (Phi) is 5.86. The zero-order chi connectivity index (χ0) is 20.4. The summed E-state index contributed by atoms with van der Waals surface area (Å²) in [6, 6.07) is 6.83. The Bertz CT molecular complexity index is 950. The molecule has 0 unspecified atom stereocenters. The third-order valence-corrected chi connectivity index (χ3v) is 5.14. The third-order valence-electron chi connectivity index (χ3n) is 3.36. The first-order chi connectivity index (χ1) is 12.4. The fourth-order valence-electron chi connectivity index (χ4n) is 2.29. The Labute approximate surface area is 156 Å². The first-order valence-corrected chi connectivity index (χ1v) is 9.40. The second-order valence-electron chi connectivity index (χ2n) is 6.77. The zero-order valence-electron chi connectivity index (χ0n) is 15.3. The van der Waals surface area contributed by atoms with E-state index in [1.54, 1.807) is 20.8 Å². The summed E-state index contributed by atoms with van der Waals surface area (Å²) in [5.74, 6) is -2.73. The van der Waals surface area contributed by atoms with Crippen molar-refractivity contribution in [2.24, 2.45) is 0 Å². The Morgan fingerprint density at radius 1 is 1.07 bits per heavy atom. The SMILES string of the molecule is COc1ccc(C(=O)Nc2c(F)cccc2F)cc1S(=O)(=O)NC(C)(C)C. The van der Waals surface area contributed by atoms with Gasteiger partial charge in [0.25, 0.3) is 5.91 Å². The molecule has 9 heteroatoms. The molecule has 0 atom stereocenters. The number of carbonyl (C=O) groups is 1. The molecule has 27 heavy (non-hydrogen) atoms. The minimum Gasteiger partial charge on any atom is -0.495 e. The Morgan fingerprint density at radius 3 is 2.19 bits per heavy atom. The van der Waals surface area contributed by atoms with E-state index in [1.807, 2.05) is 0 Å². The number of benzene rings is 2. The summed E-state index contributed by atoms with van der Waals surface area (Å²) < 4.78 is 60.2. The van der Waals surface area contributed by atoms with Crippen LogP contribution in [0.1, 0.15) is 31.1 Å². The standard InChI is InChI=1S/C18H20F2N2O4S/c1-18(2,3)22-27(24,25)15-10-11(8-9-14(15)26-4)17(23)21-16-12(19)6-5-7-13(16)20/h5-10,22H,1-4H3,(H,21,23). The van der Waals surface area contributed by atoms with Crippen molar-refractivity contribution in [3.63, 3.8) is 0 Å². The second kappa shape index (κ2) is 7.61. The first kappa shape index (κ1) is 20.8. The highest BCUT2D eigenvalue weighted by Crippen LogP contribution is 2.27. The molecule has 6 nitrogen and oxygen atoms in total. The van der Waals surface area contributed by atoms with Crippen molar-refractivity contribution in [1.29, 1.82) is 0 Å². The van der Waals surface area contributed by atoms with Crippen LogP contribution < -0.4 is 14.8 Å². The molecule has 0 spiro atoms. The van der Waals surface area contributed by atoms with Gasteiger partial charge in [-0.05, 0) is 51.1 Å². The summed E-state index contributed by atoms with van der Waals surface area (Å²) >= 11 is 0. The van der Waals surface area contributed by atoms with Gasteiger partial charge in [0, 0.05) is 11.1 Å². The van der Waals surface area contributed by atoms with Gasteiger partial charge < -0.3 is 10.1 Å². The van der Waals surface area contributed by atoms with Crippen molar-refractivity contribution >= 4 is 21.6 Å². The molecule has 0 aliphatic heterocycles. The van der Waals surface area contributed by atoms with Crippen LogP contribution in [-0.4, -0.2) is 27.0 Å². The lowest BCUT2D eigenvalue weighted by Gasteiger charge is -2.21. The number of methoxy groups -OCH3 is 1. The summed E-state index contributed by atoms with van der Waals surface area (Å²) in [4.78, 5) is 12.1. The fourth-order valence-corrected chi connectivity index (χ4v) is 3.90. The molecule has 0 saturated carbocycles. The smallest absolute Gasteiger partial charge is 0.255 e. The van der Waals surface area contributed by atoms with Crippen LogP contribution in [0.3, 0.4) is 0 Å². The van der Waals surface area contributed by atoms with Crippen molar-refractivity contribution in [2.45, 2.75) is 31.2 Å². The molecule has 0 saturated heterocycles. The monoisotopic (exact) mass is 398 g/mol. The van der Waals surface area contributed by atoms with Crippen LogP contribution in [0.25, 0.3) is 0 Å². The van der Waals surface area contributed by atoms with Crippen LogP contribution in [0, 0.1) is 11.6 Å². The van der Waals surface area contributed by atoms with Gasteiger partial charge in [-0.2, -0.15) is 0 Å². The maximum Gasteiger partial charge on any atom is 0.255 e. The summed E-state index contributed by atoms with van der Waals surface area (Å²) in [7, 11) is -2.72. The molecule has 0 aliphatic carbocycles. The highest BCUT2D eigenvalue weighted by molar-refractivity contribution is 7.89. The van der Waals surface area contributed by atoms with E-state index in [9.17, 15) is 22.0 Å². The minimum atomic E-state index is -4.01. The predicted octanol–water partition coefficient (Wildman–Crippen LogP) is 3.30. The van der Waals surface area contributed by atoms with E-state index in [4.69, 9.17) is 4.74 Å². The molecule has 0 aliphatic rings. The number of para-hydroxylation sites is 1. The number of sulfonamides is 1. The molecule has 2 N–H and O–H groups in total. The average Bonchev–Trinajstić information content (AvgIpc) is 2.55. The number of rotatable bonds is 5. The molecule has 0 bridgehead atoms. The lowest BCUT2D eigenvalue weighted by Crippen LogP contribution is -2.40. The van der Waals surface area contributed by atoms with E-state index >= 15 is 0 Å². The summed E-state index contributed by atoms with van der Waals surface area (Å²) in [6.07, 6.45) is 0. The Balaban J connectivity index is 2.43. The quantitative estimate of drug-likeness (QED) is 0.809. The lowest BCUT2D eigenvalue weighted by atomic mass is 10.1. The normalized spacial score (nSPS) is 11.9.